The van der Waals surface area contributed by atoms with Gasteiger partial charge in [0.2, 0.25) is 5.95 Å². The van der Waals surface area contributed by atoms with E-state index < -0.39 is 17.5 Å². The molecule has 3 aromatic heterocycles. The van der Waals surface area contributed by atoms with Crippen LogP contribution in [0.1, 0.15) is 52.3 Å². The largest absolute Gasteiger partial charge is 0.487 e. The van der Waals surface area contributed by atoms with Crippen LogP contribution in [0, 0.1) is 5.41 Å². The van der Waals surface area contributed by atoms with E-state index in [0.29, 0.717) is 47.8 Å². The Bertz CT molecular complexity index is 1720. The molecular weight excluding hydrogens is 641 g/mol. The molecule has 1 atom stereocenters. The summed E-state index contributed by atoms with van der Waals surface area (Å²) >= 11 is 6.36. The maximum Gasteiger partial charge on any atom is 0.437 e. The normalized spacial score (nSPS) is 17.2. The van der Waals surface area contributed by atoms with Crippen LogP contribution in [0.15, 0.2) is 43.1 Å². The first-order chi connectivity index (χ1) is 22.2. The molecule has 6 rings (SSSR count). The van der Waals surface area contributed by atoms with Crippen LogP contribution < -0.4 is 10.1 Å². The molecule has 4 heterocycles. The highest BCUT2D eigenvalue weighted by Crippen LogP contribution is 2.54. The van der Waals surface area contributed by atoms with E-state index in [1.165, 1.54) is 41.2 Å². The molecule has 4 aromatic rings. The van der Waals surface area contributed by atoms with Gasteiger partial charge in [-0.25, -0.2) is 14.6 Å². The third-order valence-electron chi connectivity index (χ3n) is 8.18. The molecule has 1 saturated carbocycles. The lowest BCUT2D eigenvalue weighted by Gasteiger charge is -2.60. The van der Waals surface area contributed by atoms with E-state index >= 15 is 0 Å². The smallest absolute Gasteiger partial charge is 0.437 e. The number of halogens is 4. The fourth-order valence-corrected chi connectivity index (χ4v) is 6.62. The number of alkyl halides is 3. The van der Waals surface area contributed by atoms with Crippen molar-refractivity contribution in [1.29, 1.82) is 0 Å². The van der Waals surface area contributed by atoms with Crippen LogP contribution in [0.5, 0.6) is 5.75 Å². The first-order valence-electron chi connectivity index (χ1n) is 15.0. The molecule has 1 spiro atoms. The monoisotopic (exact) mass is 674 g/mol. The van der Waals surface area contributed by atoms with Gasteiger partial charge in [-0.2, -0.15) is 18.3 Å². The Hall–Kier alpha value is -4.31. The molecule has 1 saturated heterocycles. The van der Waals surface area contributed by atoms with Crippen LogP contribution >= 0.6 is 11.6 Å². The van der Waals surface area contributed by atoms with Gasteiger partial charge in [0.15, 0.2) is 5.69 Å². The number of likely N-dealkylation sites (tertiary alicyclic amines) is 1. The summed E-state index contributed by atoms with van der Waals surface area (Å²) in [5.74, 6) is 0.103. The maximum atomic E-state index is 14.0. The summed E-state index contributed by atoms with van der Waals surface area (Å²) in [7, 11) is 0. The number of rotatable bonds is 11. The average Bonchev–Trinajstić information content (AvgIpc) is 3.60. The van der Waals surface area contributed by atoms with Crippen molar-refractivity contribution in [2.75, 3.05) is 25.0 Å². The highest BCUT2D eigenvalue weighted by molar-refractivity contribution is 6.32. The molecule has 1 aliphatic carbocycles. The number of hydrogen-bond acceptors (Lipinski definition) is 11. The molecule has 250 valence electrons. The molecule has 0 amide bonds. The van der Waals surface area contributed by atoms with Crippen molar-refractivity contribution in [3.8, 4) is 16.9 Å². The van der Waals surface area contributed by atoms with Crippen molar-refractivity contribution in [1.82, 2.24) is 44.9 Å². The van der Waals surface area contributed by atoms with Crippen molar-refractivity contribution < 1.29 is 27.4 Å². The Morgan fingerprint density at radius 2 is 1.89 bits per heavy atom. The number of tetrazole rings is 1. The minimum absolute atomic E-state index is 0.00518. The van der Waals surface area contributed by atoms with E-state index in [2.05, 4.69) is 40.8 Å². The molecular formula is C30H34ClF3N10O3. The quantitative estimate of drug-likeness (QED) is 0.210. The molecule has 0 bridgehead atoms. The molecule has 17 heteroatoms. The van der Waals surface area contributed by atoms with Crippen molar-refractivity contribution in [2.45, 2.75) is 71.0 Å². The first kappa shape index (κ1) is 32.6. The van der Waals surface area contributed by atoms with Crippen LogP contribution in [0.3, 0.4) is 0 Å². The van der Waals surface area contributed by atoms with Gasteiger partial charge < -0.3 is 14.8 Å². The fraction of sp³-hybridized carbons (Fsp3) is 0.500. The zero-order chi connectivity index (χ0) is 33.6. The lowest BCUT2D eigenvalue weighted by molar-refractivity contribution is -0.162. The lowest BCUT2D eigenvalue weighted by atomic mass is 9.60. The molecule has 13 nitrogen and oxygen atoms in total. The van der Waals surface area contributed by atoms with Gasteiger partial charge in [0.1, 0.15) is 23.8 Å². The van der Waals surface area contributed by atoms with Crippen LogP contribution in [-0.4, -0.2) is 82.2 Å². The van der Waals surface area contributed by atoms with Gasteiger partial charge in [0, 0.05) is 50.7 Å². The third kappa shape index (κ3) is 7.48. The number of aromatic nitrogens is 8. The predicted molar refractivity (Wildman–Crippen MR) is 164 cm³/mol. The molecule has 1 aliphatic heterocycles. The Kier molecular flexibility index (Phi) is 8.59. The van der Waals surface area contributed by atoms with Crippen molar-refractivity contribution >= 4 is 29.2 Å². The van der Waals surface area contributed by atoms with E-state index in [-0.39, 0.29) is 35.2 Å². The summed E-state index contributed by atoms with van der Waals surface area (Å²) in [6.07, 6.45) is 2.32. The summed E-state index contributed by atoms with van der Waals surface area (Å²) < 4.78 is 56.3. The number of carbonyl (C=O) groups is 1. The number of hydrogen-bond donors (Lipinski definition) is 1. The number of ether oxygens (including phenoxy) is 2. The topological polar surface area (TPSA) is 138 Å². The average molecular weight is 675 g/mol. The van der Waals surface area contributed by atoms with Gasteiger partial charge in [0.25, 0.3) is 0 Å². The van der Waals surface area contributed by atoms with E-state index in [0.717, 1.165) is 13.1 Å². The van der Waals surface area contributed by atoms with Crippen LogP contribution in [0.25, 0.3) is 11.1 Å². The number of nitrogens with zero attached hydrogens (tertiary/aromatic N) is 9. The Morgan fingerprint density at radius 3 is 2.53 bits per heavy atom. The SMILES string of the molecule is CC(=O)OC(C)(C)CN1CC2(CC(n3cc(Nc4ncc(-c5ccc(Cl)c(O[C@@H](C)Cn6cnnn6)c5)cn4)c(C(F)(F)F)n3)C2)C1. The highest BCUT2D eigenvalue weighted by Gasteiger charge is 2.54. The van der Waals surface area contributed by atoms with E-state index in [1.54, 1.807) is 18.2 Å². The Balaban J connectivity index is 1.09. The van der Waals surface area contributed by atoms with E-state index in [1.807, 2.05) is 20.8 Å². The predicted octanol–water partition coefficient (Wildman–Crippen LogP) is 5.19. The zero-order valence-corrected chi connectivity index (χ0v) is 27.0. The summed E-state index contributed by atoms with van der Waals surface area (Å²) in [6, 6.07) is 5.03. The number of anilines is 2. The molecule has 0 unspecified atom stereocenters. The van der Waals surface area contributed by atoms with Crippen LogP contribution in [-0.2, 0) is 22.3 Å². The number of nitrogens with one attached hydrogen (secondary N) is 1. The van der Waals surface area contributed by atoms with Gasteiger partial charge in [-0.15, -0.1) is 5.10 Å². The second-order valence-electron chi connectivity index (χ2n) is 13.0. The number of esters is 1. The van der Waals surface area contributed by atoms with Gasteiger partial charge in [0.05, 0.1) is 23.3 Å². The molecule has 1 N–H and O–H groups in total. The van der Waals surface area contributed by atoms with Crippen LogP contribution in [0.4, 0.5) is 24.8 Å². The lowest BCUT2D eigenvalue weighted by Crippen LogP contribution is -2.64. The minimum Gasteiger partial charge on any atom is -0.487 e. The maximum absolute atomic E-state index is 14.0. The molecule has 0 radical (unpaired) electrons. The fourth-order valence-electron chi connectivity index (χ4n) is 6.46. The second-order valence-corrected chi connectivity index (χ2v) is 13.4. The van der Waals surface area contributed by atoms with E-state index in [9.17, 15) is 18.0 Å². The molecule has 2 aliphatic rings. The van der Waals surface area contributed by atoms with Gasteiger partial charge >= 0.3 is 12.1 Å². The summed E-state index contributed by atoms with van der Waals surface area (Å²) in [4.78, 5) is 22.1. The Labute approximate surface area is 273 Å². The van der Waals surface area contributed by atoms with Gasteiger partial charge in [-0.1, -0.05) is 17.7 Å². The summed E-state index contributed by atoms with van der Waals surface area (Å²) in [5, 5.41) is 18.1. The zero-order valence-electron chi connectivity index (χ0n) is 26.2. The molecule has 2 fully saturated rings. The molecule has 47 heavy (non-hydrogen) atoms. The minimum atomic E-state index is -4.67. The Morgan fingerprint density at radius 1 is 1.17 bits per heavy atom. The van der Waals surface area contributed by atoms with Gasteiger partial charge in [-0.05, 0) is 67.2 Å². The molecule has 1 aromatic carbocycles. The number of benzene rings is 1. The summed E-state index contributed by atoms with van der Waals surface area (Å²) in [5.41, 5.74) is -0.500. The summed E-state index contributed by atoms with van der Waals surface area (Å²) in [6.45, 7) is 9.57. The van der Waals surface area contributed by atoms with Crippen molar-refractivity contribution in [3.05, 3.63) is 53.8 Å². The van der Waals surface area contributed by atoms with Crippen molar-refractivity contribution in [2.24, 2.45) is 5.41 Å². The standard InChI is InChI=1S/C30H34ClF3N10O3/c1-18(12-43-17-37-40-41-43)46-25-7-20(5-6-23(25)31)21-10-35-27(36-11-21)38-24-13-44(39-26(24)30(32,33)34)22-8-29(9-22)15-42(16-29)14-28(3,4)47-19(2)45/h5-7,10-11,13,17-18,22H,8-9,12,14-16H2,1-4H3,(H,35,36,38)/t18-/m0/s1. The third-order valence-corrected chi connectivity index (χ3v) is 8.49. The van der Waals surface area contributed by atoms with Crippen LogP contribution in [0.2, 0.25) is 5.02 Å². The first-order valence-corrected chi connectivity index (χ1v) is 15.4. The van der Waals surface area contributed by atoms with Crippen molar-refractivity contribution in [3.63, 3.8) is 0 Å². The highest BCUT2D eigenvalue weighted by atomic mass is 35.5. The van der Waals surface area contributed by atoms with E-state index in [4.69, 9.17) is 21.1 Å². The second kappa shape index (κ2) is 12.4. The van der Waals surface area contributed by atoms with Gasteiger partial charge in [-0.3, -0.25) is 14.4 Å². The number of carbonyl (C=O) groups excluding carboxylic acids is 1.